The molecule has 2 aromatic carbocycles. The minimum absolute atomic E-state index is 0.159. The van der Waals surface area contributed by atoms with Crippen molar-refractivity contribution in [3.8, 4) is 0 Å². The SMILES string of the molecule is CCc1ccccc1N1CCC(C(=O)c2cccc(C(F)(F)F)c2)CC1. The highest BCUT2D eigenvalue weighted by atomic mass is 19.4. The number of carbonyl (C=O) groups is 1. The summed E-state index contributed by atoms with van der Waals surface area (Å²) in [5, 5.41) is 0. The van der Waals surface area contributed by atoms with Crippen LogP contribution in [0.4, 0.5) is 18.9 Å². The summed E-state index contributed by atoms with van der Waals surface area (Å²) in [5.74, 6) is -0.400. The average molecular weight is 361 g/mol. The summed E-state index contributed by atoms with van der Waals surface area (Å²) in [5.41, 5.74) is 1.86. The molecule has 1 saturated heterocycles. The van der Waals surface area contributed by atoms with E-state index in [2.05, 4.69) is 24.0 Å². The van der Waals surface area contributed by atoms with Crippen LogP contribution in [0.1, 0.15) is 41.3 Å². The van der Waals surface area contributed by atoms with Crippen LogP contribution in [-0.4, -0.2) is 18.9 Å². The number of nitrogens with zero attached hydrogens (tertiary/aromatic N) is 1. The molecule has 0 radical (unpaired) electrons. The van der Waals surface area contributed by atoms with Gasteiger partial charge in [0, 0.05) is 30.3 Å². The molecule has 2 aromatic rings. The van der Waals surface area contributed by atoms with Gasteiger partial charge < -0.3 is 4.90 Å². The second kappa shape index (κ2) is 7.52. The number of hydrogen-bond donors (Lipinski definition) is 0. The van der Waals surface area contributed by atoms with E-state index in [0.29, 0.717) is 12.8 Å². The minimum Gasteiger partial charge on any atom is -0.371 e. The van der Waals surface area contributed by atoms with Gasteiger partial charge in [0.05, 0.1) is 5.56 Å². The normalized spacial score (nSPS) is 15.9. The van der Waals surface area contributed by atoms with Gasteiger partial charge in [0.2, 0.25) is 0 Å². The highest BCUT2D eigenvalue weighted by molar-refractivity contribution is 5.98. The zero-order valence-corrected chi connectivity index (χ0v) is 14.7. The number of alkyl halides is 3. The standard InChI is InChI=1S/C21H22F3NO/c1-2-15-6-3-4-9-19(15)25-12-10-16(11-13-25)20(26)17-7-5-8-18(14-17)21(22,23)24/h3-9,14,16H,2,10-13H2,1H3. The molecule has 2 nitrogen and oxygen atoms in total. The summed E-state index contributed by atoms with van der Waals surface area (Å²) in [7, 11) is 0. The third-order valence-corrected chi connectivity index (χ3v) is 5.05. The van der Waals surface area contributed by atoms with E-state index in [1.165, 1.54) is 23.4 Å². The number of rotatable bonds is 4. The number of hydrogen-bond acceptors (Lipinski definition) is 2. The van der Waals surface area contributed by atoms with Crippen LogP contribution in [0, 0.1) is 5.92 Å². The molecule has 0 atom stereocenters. The number of benzene rings is 2. The monoisotopic (exact) mass is 361 g/mol. The number of anilines is 1. The van der Waals surface area contributed by atoms with Crippen molar-refractivity contribution >= 4 is 11.5 Å². The Bertz CT molecular complexity index is 777. The number of para-hydroxylation sites is 1. The van der Waals surface area contributed by atoms with Gasteiger partial charge in [0.25, 0.3) is 0 Å². The van der Waals surface area contributed by atoms with Gasteiger partial charge in [-0.25, -0.2) is 0 Å². The zero-order valence-electron chi connectivity index (χ0n) is 14.7. The van der Waals surface area contributed by atoms with Crippen molar-refractivity contribution in [3.63, 3.8) is 0 Å². The molecule has 138 valence electrons. The summed E-state index contributed by atoms with van der Waals surface area (Å²) in [6, 6.07) is 13.0. The number of carbonyl (C=O) groups excluding carboxylic acids is 1. The van der Waals surface area contributed by atoms with Gasteiger partial charge in [-0.1, -0.05) is 37.3 Å². The Hall–Kier alpha value is -2.30. The lowest BCUT2D eigenvalue weighted by Crippen LogP contribution is -2.36. The Morgan fingerprint density at radius 3 is 2.42 bits per heavy atom. The van der Waals surface area contributed by atoms with E-state index >= 15 is 0 Å². The molecule has 0 aliphatic carbocycles. The van der Waals surface area contributed by atoms with Crippen molar-refractivity contribution in [2.45, 2.75) is 32.4 Å². The van der Waals surface area contributed by atoms with E-state index in [0.717, 1.165) is 31.6 Å². The zero-order chi connectivity index (χ0) is 18.7. The fourth-order valence-corrected chi connectivity index (χ4v) is 3.59. The lowest BCUT2D eigenvalue weighted by atomic mass is 9.88. The van der Waals surface area contributed by atoms with Crippen molar-refractivity contribution in [1.82, 2.24) is 0 Å². The number of ketones is 1. The maximum absolute atomic E-state index is 12.9. The molecule has 0 unspecified atom stereocenters. The second-order valence-corrected chi connectivity index (χ2v) is 6.69. The van der Waals surface area contributed by atoms with E-state index in [9.17, 15) is 18.0 Å². The van der Waals surface area contributed by atoms with Crippen LogP contribution >= 0.6 is 0 Å². The Kier molecular flexibility index (Phi) is 5.35. The molecule has 1 fully saturated rings. The lowest BCUT2D eigenvalue weighted by Gasteiger charge is -2.34. The van der Waals surface area contributed by atoms with E-state index < -0.39 is 11.7 Å². The quantitative estimate of drug-likeness (QED) is 0.683. The molecular formula is C21H22F3NO. The first-order valence-corrected chi connectivity index (χ1v) is 8.94. The van der Waals surface area contributed by atoms with Crippen molar-refractivity contribution < 1.29 is 18.0 Å². The van der Waals surface area contributed by atoms with Gasteiger partial charge in [0.15, 0.2) is 5.78 Å². The Balaban J connectivity index is 1.69. The smallest absolute Gasteiger partial charge is 0.371 e. The van der Waals surface area contributed by atoms with Gasteiger partial charge >= 0.3 is 6.18 Å². The van der Waals surface area contributed by atoms with Crippen LogP contribution in [0.15, 0.2) is 48.5 Å². The molecule has 0 spiro atoms. The molecule has 1 aliphatic rings. The third kappa shape index (κ3) is 3.92. The van der Waals surface area contributed by atoms with Crippen LogP contribution in [0.2, 0.25) is 0 Å². The van der Waals surface area contributed by atoms with E-state index in [-0.39, 0.29) is 17.3 Å². The van der Waals surface area contributed by atoms with Gasteiger partial charge in [-0.3, -0.25) is 4.79 Å². The van der Waals surface area contributed by atoms with Gasteiger partial charge in [-0.05, 0) is 43.0 Å². The predicted molar refractivity (Wildman–Crippen MR) is 96.5 cm³/mol. The van der Waals surface area contributed by atoms with Crippen LogP contribution in [0.3, 0.4) is 0 Å². The van der Waals surface area contributed by atoms with E-state index in [4.69, 9.17) is 0 Å². The van der Waals surface area contributed by atoms with Crippen LogP contribution in [-0.2, 0) is 12.6 Å². The molecule has 3 rings (SSSR count). The van der Waals surface area contributed by atoms with Crippen molar-refractivity contribution in [3.05, 3.63) is 65.2 Å². The van der Waals surface area contributed by atoms with Gasteiger partial charge in [-0.2, -0.15) is 13.2 Å². The number of halogens is 3. The van der Waals surface area contributed by atoms with Crippen LogP contribution in [0.5, 0.6) is 0 Å². The van der Waals surface area contributed by atoms with Crippen LogP contribution < -0.4 is 4.90 Å². The maximum Gasteiger partial charge on any atom is 0.416 e. The Morgan fingerprint density at radius 1 is 1.08 bits per heavy atom. The summed E-state index contributed by atoms with van der Waals surface area (Å²) in [6.07, 6.45) is -2.16. The molecule has 5 heteroatoms. The molecule has 0 aromatic heterocycles. The topological polar surface area (TPSA) is 20.3 Å². The second-order valence-electron chi connectivity index (χ2n) is 6.69. The first kappa shape index (κ1) is 18.5. The van der Waals surface area contributed by atoms with Crippen molar-refractivity contribution in [2.24, 2.45) is 5.92 Å². The minimum atomic E-state index is -4.43. The van der Waals surface area contributed by atoms with Crippen molar-refractivity contribution in [1.29, 1.82) is 0 Å². The summed E-state index contributed by atoms with van der Waals surface area (Å²) in [4.78, 5) is 14.9. The number of piperidine rings is 1. The number of aryl methyl sites for hydroxylation is 1. The fraction of sp³-hybridized carbons (Fsp3) is 0.381. The van der Waals surface area contributed by atoms with Gasteiger partial charge in [-0.15, -0.1) is 0 Å². The molecule has 0 N–H and O–H groups in total. The van der Waals surface area contributed by atoms with Gasteiger partial charge in [0.1, 0.15) is 0 Å². The molecule has 26 heavy (non-hydrogen) atoms. The van der Waals surface area contributed by atoms with Crippen molar-refractivity contribution in [2.75, 3.05) is 18.0 Å². The Labute approximate surface area is 151 Å². The Morgan fingerprint density at radius 2 is 1.77 bits per heavy atom. The molecule has 0 saturated carbocycles. The molecule has 1 aliphatic heterocycles. The highest BCUT2D eigenvalue weighted by Gasteiger charge is 2.32. The summed E-state index contributed by atoms with van der Waals surface area (Å²) < 4.78 is 38.6. The maximum atomic E-state index is 12.9. The summed E-state index contributed by atoms with van der Waals surface area (Å²) in [6.45, 7) is 3.60. The largest absolute Gasteiger partial charge is 0.416 e. The van der Waals surface area contributed by atoms with E-state index in [1.54, 1.807) is 0 Å². The molecule has 0 amide bonds. The predicted octanol–water partition coefficient (Wildman–Crippen LogP) is 5.37. The van der Waals surface area contributed by atoms with E-state index in [1.807, 2.05) is 12.1 Å². The lowest BCUT2D eigenvalue weighted by molar-refractivity contribution is -0.137. The number of Topliss-reactive ketones (excluding diaryl/α,β-unsaturated/α-hetero) is 1. The third-order valence-electron chi connectivity index (χ3n) is 5.05. The molecule has 0 bridgehead atoms. The summed E-state index contributed by atoms with van der Waals surface area (Å²) >= 11 is 0. The highest BCUT2D eigenvalue weighted by Crippen LogP contribution is 2.32. The average Bonchev–Trinajstić information content (AvgIpc) is 2.67. The first-order chi connectivity index (χ1) is 12.4. The molecular weight excluding hydrogens is 339 g/mol. The molecule has 1 heterocycles. The van der Waals surface area contributed by atoms with Crippen LogP contribution in [0.25, 0.3) is 0 Å². The fourth-order valence-electron chi connectivity index (χ4n) is 3.59. The first-order valence-electron chi connectivity index (χ1n) is 8.94.